The minimum Gasteiger partial charge on any atom is -0.309 e. The summed E-state index contributed by atoms with van der Waals surface area (Å²) in [6.45, 7) is 4.91. The first-order chi connectivity index (χ1) is 38.9. The topological polar surface area (TPSA) is 3.24 Å². The van der Waals surface area contributed by atoms with Crippen molar-refractivity contribution in [3.63, 3.8) is 0 Å². The molecule has 1 unspecified atom stereocenters. The zero-order valence-electron chi connectivity index (χ0n) is 43.7. The molecule has 1 atom stereocenters. The predicted molar refractivity (Wildman–Crippen MR) is 342 cm³/mol. The molecule has 15 aromatic rings. The number of nitrogens with zero attached hydrogens (tertiary/aromatic N) is 1. The molecule has 372 valence electrons. The summed E-state index contributed by atoms with van der Waals surface area (Å²) in [6.07, 6.45) is 0. The number of para-hydroxylation sites is 1. The number of thiophene rings is 2. The molecule has 0 radical (unpaired) electrons. The van der Waals surface area contributed by atoms with Gasteiger partial charge in [-0.2, -0.15) is 0 Å². The zero-order chi connectivity index (χ0) is 52.3. The van der Waals surface area contributed by atoms with E-state index in [4.69, 9.17) is 0 Å². The highest BCUT2D eigenvalue weighted by molar-refractivity contribution is 7.26. The van der Waals surface area contributed by atoms with Gasteiger partial charge in [-0.1, -0.05) is 226 Å². The molecule has 0 fully saturated rings. The summed E-state index contributed by atoms with van der Waals surface area (Å²) < 4.78 is 5.28. The second kappa shape index (κ2) is 18.0. The first kappa shape index (κ1) is 46.0. The summed E-state index contributed by atoms with van der Waals surface area (Å²) in [5.74, 6) is 0.0711. The van der Waals surface area contributed by atoms with Crippen molar-refractivity contribution in [2.45, 2.75) is 25.2 Å². The van der Waals surface area contributed by atoms with Crippen LogP contribution in [0.4, 0.5) is 17.1 Å². The Hall–Kier alpha value is -9.12. The molecular weight excluding hydrogens is 991 g/mol. The Morgan fingerprint density at radius 2 is 0.899 bits per heavy atom. The SMILES string of the molecule is CC1(C)c2c(ccc3cc(-c4cccc(N(c5ccccc5)c5cccc6c5sc5ccccc56)c4)ccc23)-c2c1c1ccc(-c3cccc(C(c4ccccc4)c4cccc5c4sc4ccccc45)c3)cc1c1ccccc21. The third-order valence-electron chi connectivity index (χ3n) is 17.1. The standard InChI is InChI=1S/C76H51NS2/c1-76(2)72-56-40-37-50(49-22-16-26-55(45-49)77(54-24-7-4-8-25-54)67-34-18-32-63-59-29-12-14-36-69(59)79-75(63)67)43-52(56)39-42-64(72)71-60-30-10-9-27-57(60)66-46-51(38-41-61(66)73(71)76)48-21-15-23-53(44-48)70(47-19-5-3-6-20-47)65-33-17-31-62-58-28-11-13-35-68(58)78-74(62)65/h3-46,70H,1-2H3. The van der Waals surface area contributed by atoms with Gasteiger partial charge in [-0.25, -0.2) is 0 Å². The molecule has 79 heavy (non-hydrogen) atoms. The third-order valence-corrected chi connectivity index (χ3v) is 19.5. The van der Waals surface area contributed by atoms with Gasteiger partial charge in [0.1, 0.15) is 0 Å². The number of fused-ring (bicyclic) bond motifs is 16. The van der Waals surface area contributed by atoms with Gasteiger partial charge >= 0.3 is 0 Å². The molecule has 0 saturated carbocycles. The van der Waals surface area contributed by atoms with Crippen LogP contribution in [0.25, 0.3) is 106 Å². The molecule has 0 saturated heterocycles. The highest BCUT2D eigenvalue weighted by Gasteiger charge is 2.40. The largest absolute Gasteiger partial charge is 0.309 e. The zero-order valence-corrected chi connectivity index (χ0v) is 45.4. The van der Waals surface area contributed by atoms with Gasteiger partial charge in [0.25, 0.3) is 0 Å². The van der Waals surface area contributed by atoms with E-state index in [1.807, 2.05) is 22.7 Å². The lowest BCUT2D eigenvalue weighted by Crippen LogP contribution is -2.16. The van der Waals surface area contributed by atoms with Gasteiger partial charge in [0.15, 0.2) is 0 Å². The van der Waals surface area contributed by atoms with Gasteiger partial charge in [0.05, 0.1) is 10.4 Å². The second-order valence-electron chi connectivity index (χ2n) is 21.9. The Morgan fingerprint density at radius 3 is 1.67 bits per heavy atom. The third kappa shape index (κ3) is 7.20. The van der Waals surface area contributed by atoms with Crippen LogP contribution in [0.15, 0.2) is 267 Å². The fourth-order valence-corrected chi connectivity index (χ4v) is 16.1. The van der Waals surface area contributed by atoms with Crippen molar-refractivity contribution in [1.82, 2.24) is 0 Å². The molecule has 0 N–H and O–H groups in total. The molecule has 3 heteroatoms. The number of rotatable bonds is 8. The monoisotopic (exact) mass is 1040 g/mol. The highest BCUT2D eigenvalue weighted by atomic mass is 32.1. The summed E-state index contributed by atoms with van der Waals surface area (Å²) in [5.41, 5.74) is 17.5. The van der Waals surface area contributed by atoms with Crippen molar-refractivity contribution < 1.29 is 0 Å². The molecule has 0 spiro atoms. The van der Waals surface area contributed by atoms with Gasteiger partial charge in [-0.05, 0) is 148 Å². The van der Waals surface area contributed by atoms with Crippen molar-refractivity contribution >= 4 is 112 Å². The Morgan fingerprint density at radius 1 is 0.342 bits per heavy atom. The van der Waals surface area contributed by atoms with Crippen LogP contribution in [0, 0.1) is 0 Å². The maximum absolute atomic E-state index is 2.47. The summed E-state index contributed by atoms with van der Waals surface area (Å²) in [6, 6.07) is 99.9. The first-order valence-corrected chi connectivity index (χ1v) is 29.1. The van der Waals surface area contributed by atoms with Crippen molar-refractivity contribution in [2.75, 3.05) is 4.90 Å². The van der Waals surface area contributed by atoms with Gasteiger partial charge in [0, 0.05) is 58.4 Å². The Kier molecular flexibility index (Phi) is 10.5. The molecule has 1 nitrogen and oxygen atoms in total. The molecule has 1 aliphatic carbocycles. The summed E-state index contributed by atoms with van der Waals surface area (Å²) >= 11 is 3.79. The smallest absolute Gasteiger partial charge is 0.0640 e. The van der Waals surface area contributed by atoms with E-state index in [2.05, 4.69) is 286 Å². The maximum atomic E-state index is 2.47. The predicted octanol–water partition coefficient (Wildman–Crippen LogP) is 22.2. The molecule has 2 heterocycles. The lowest BCUT2D eigenvalue weighted by atomic mass is 9.77. The van der Waals surface area contributed by atoms with Crippen LogP contribution >= 0.6 is 22.7 Å². The van der Waals surface area contributed by atoms with Crippen molar-refractivity contribution in [1.29, 1.82) is 0 Å². The average Bonchev–Trinajstić information content (AvgIpc) is 3.13. The number of anilines is 3. The maximum Gasteiger partial charge on any atom is 0.0640 e. The van der Waals surface area contributed by atoms with E-state index < -0.39 is 0 Å². The lowest BCUT2D eigenvalue weighted by molar-refractivity contribution is 0.672. The molecule has 0 bridgehead atoms. The van der Waals surface area contributed by atoms with Gasteiger partial charge in [0.2, 0.25) is 0 Å². The van der Waals surface area contributed by atoms with Crippen molar-refractivity contribution in [3.05, 3.63) is 295 Å². The van der Waals surface area contributed by atoms with Crippen LogP contribution in [0.1, 0.15) is 47.6 Å². The van der Waals surface area contributed by atoms with E-state index in [0.717, 1.165) is 11.4 Å². The van der Waals surface area contributed by atoms with E-state index in [9.17, 15) is 0 Å². The van der Waals surface area contributed by atoms with Gasteiger partial charge < -0.3 is 4.90 Å². The van der Waals surface area contributed by atoms with E-state index in [-0.39, 0.29) is 11.3 Å². The fraction of sp³-hybridized carbons (Fsp3) is 0.0526. The highest BCUT2D eigenvalue weighted by Crippen LogP contribution is 2.57. The van der Waals surface area contributed by atoms with Crippen LogP contribution in [-0.4, -0.2) is 0 Å². The average molecular weight is 1040 g/mol. The second-order valence-corrected chi connectivity index (χ2v) is 24.0. The molecule has 13 aromatic carbocycles. The summed E-state index contributed by atoms with van der Waals surface area (Å²) in [5, 5.41) is 13.0. The molecule has 2 aromatic heterocycles. The minimum absolute atomic E-state index is 0.0711. The summed E-state index contributed by atoms with van der Waals surface area (Å²) in [4.78, 5) is 2.43. The molecule has 0 amide bonds. The number of hydrogen-bond donors (Lipinski definition) is 0. The van der Waals surface area contributed by atoms with E-state index >= 15 is 0 Å². The fourth-order valence-electron chi connectivity index (χ4n) is 13.6. The van der Waals surface area contributed by atoms with Crippen molar-refractivity contribution in [3.8, 4) is 33.4 Å². The Bertz CT molecular complexity index is 4950. The number of benzene rings is 13. The van der Waals surface area contributed by atoms with Gasteiger partial charge in [-0.3, -0.25) is 0 Å². The van der Waals surface area contributed by atoms with Crippen LogP contribution in [0.5, 0.6) is 0 Å². The van der Waals surface area contributed by atoms with Crippen LogP contribution in [0.3, 0.4) is 0 Å². The van der Waals surface area contributed by atoms with Crippen LogP contribution in [-0.2, 0) is 5.41 Å². The quantitative estimate of drug-likeness (QED) is 0.108. The number of hydrogen-bond acceptors (Lipinski definition) is 3. The first-order valence-electron chi connectivity index (χ1n) is 27.4. The Labute approximate surface area is 467 Å². The normalized spacial score (nSPS) is 13.2. The Balaban J connectivity index is 0.792. The van der Waals surface area contributed by atoms with E-state index in [1.54, 1.807) is 0 Å². The van der Waals surface area contributed by atoms with Crippen molar-refractivity contribution in [2.24, 2.45) is 0 Å². The lowest BCUT2D eigenvalue weighted by Gasteiger charge is -2.26. The molecule has 16 rings (SSSR count). The van der Waals surface area contributed by atoms with Crippen LogP contribution in [0.2, 0.25) is 0 Å². The minimum atomic E-state index is -0.268. The molecule has 0 aliphatic heterocycles. The van der Waals surface area contributed by atoms with Gasteiger partial charge in [-0.15, -0.1) is 22.7 Å². The van der Waals surface area contributed by atoms with E-state index in [1.165, 1.54) is 140 Å². The van der Waals surface area contributed by atoms with Crippen LogP contribution < -0.4 is 4.90 Å². The summed E-state index contributed by atoms with van der Waals surface area (Å²) in [7, 11) is 0. The molecular formula is C76H51NS2. The molecule has 1 aliphatic rings. The van der Waals surface area contributed by atoms with E-state index in [0.29, 0.717) is 0 Å².